The minimum atomic E-state index is -0.554. The maximum absolute atomic E-state index is 9.82. The number of hydrogen-bond acceptors (Lipinski definition) is 3. The fourth-order valence-electron chi connectivity index (χ4n) is 3.17. The zero-order chi connectivity index (χ0) is 15.1. The van der Waals surface area contributed by atoms with E-state index in [1.165, 1.54) is 25.7 Å². The molecule has 1 saturated carbocycles. The summed E-state index contributed by atoms with van der Waals surface area (Å²) < 4.78 is 0. The van der Waals surface area contributed by atoms with E-state index in [4.69, 9.17) is 0 Å². The molecule has 0 amide bonds. The molecule has 1 N–H and O–H groups in total. The van der Waals surface area contributed by atoms with Crippen molar-refractivity contribution in [1.82, 2.24) is 5.32 Å². The number of nitrogens with zero attached hydrogens (tertiary/aromatic N) is 1. The minimum absolute atomic E-state index is 0.554. The van der Waals surface area contributed by atoms with Gasteiger partial charge in [-0.15, -0.1) is 0 Å². The summed E-state index contributed by atoms with van der Waals surface area (Å²) in [4.78, 5) is 0. The molecule has 3 heteroatoms. The molecule has 21 heavy (non-hydrogen) atoms. The second-order valence-corrected chi connectivity index (χ2v) is 7.41. The van der Waals surface area contributed by atoms with Gasteiger partial charge in [0.1, 0.15) is 5.54 Å². The van der Waals surface area contributed by atoms with E-state index in [2.05, 4.69) is 37.4 Å². The van der Waals surface area contributed by atoms with Gasteiger partial charge < -0.3 is 0 Å². The Bertz CT molecular complexity index is 468. The summed E-state index contributed by atoms with van der Waals surface area (Å²) >= 11 is 1.98. The summed E-state index contributed by atoms with van der Waals surface area (Å²) in [5.74, 6) is 1.67. The minimum Gasteiger partial charge on any atom is -0.295 e. The lowest BCUT2D eigenvalue weighted by Crippen LogP contribution is -2.44. The van der Waals surface area contributed by atoms with Gasteiger partial charge >= 0.3 is 0 Å². The predicted molar refractivity (Wildman–Crippen MR) is 91.3 cm³/mol. The molecule has 0 aromatic heterocycles. The molecule has 0 spiro atoms. The Balaban J connectivity index is 2.08. The number of rotatable bonds is 6. The van der Waals surface area contributed by atoms with E-state index in [-0.39, 0.29) is 0 Å². The van der Waals surface area contributed by atoms with Gasteiger partial charge in [-0.2, -0.15) is 17.0 Å². The summed E-state index contributed by atoms with van der Waals surface area (Å²) in [6.45, 7) is 5.23. The first-order valence-corrected chi connectivity index (χ1v) is 9.08. The number of nitriles is 1. The summed E-state index contributed by atoms with van der Waals surface area (Å²) in [7, 11) is 0. The van der Waals surface area contributed by atoms with Crippen molar-refractivity contribution < 1.29 is 0 Å². The lowest BCUT2D eigenvalue weighted by atomic mass is 9.90. The van der Waals surface area contributed by atoms with Crippen molar-refractivity contribution in [2.24, 2.45) is 5.92 Å². The maximum atomic E-state index is 9.82. The Morgan fingerprint density at radius 3 is 2.71 bits per heavy atom. The molecule has 0 bridgehead atoms. The van der Waals surface area contributed by atoms with Crippen LogP contribution in [0.15, 0.2) is 30.3 Å². The Labute approximate surface area is 133 Å². The van der Waals surface area contributed by atoms with Crippen LogP contribution in [0.2, 0.25) is 0 Å². The van der Waals surface area contributed by atoms with Crippen LogP contribution in [0.25, 0.3) is 0 Å². The summed E-state index contributed by atoms with van der Waals surface area (Å²) in [6.07, 6.45) is 5.31. The highest BCUT2D eigenvalue weighted by molar-refractivity contribution is 7.99. The summed E-state index contributed by atoms with van der Waals surface area (Å²) in [5, 5.41) is 14.0. The maximum Gasteiger partial charge on any atom is 0.141 e. The Hall–Kier alpha value is -0.980. The molecule has 1 fully saturated rings. The van der Waals surface area contributed by atoms with Crippen molar-refractivity contribution in [3.8, 4) is 6.07 Å². The number of nitrogens with one attached hydrogen (secondary N) is 1. The Morgan fingerprint density at radius 1 is 1.33 bits per heavy atom. The van der Waals surface area contributed by atoms with Gasteiger partial charge in [-0.05, 0) is 30.9 Å². The fourth-order valence-corrected chi connectivity index (χ4v) is 4.79. The van der Waals surface area contributed by atoms with Gasteiger partial charge in [-0.25, -0.2) is 0 Å². The van der Waals surface area contributed by atoms with E-state index >= 15 is 0 Å². The van der Waals surface area contributed by atoms with Gasteiger partial charge in [0.15, 0.2) is 0 Å². The normalized spacial score (nSPS) is 25.0. The monoisotopic (exact) mass is 302 g/mol. The average molecular weight is 302 g/mol. The molecular formula is C18H26N2S. The Morgan fingerprint density at radius 2 is 2.10 bits per heavy atom. The third-order valence-electron chi connectivity index (χ3n) is 4.36. The van der Waals surface area contributed by atoms with Crippen LogP contribution in [-0.2, 0) is 5.54 Å². The molecular weight excluding hydrogens is 276 g/mol. The van der Waals surface area contributed by atoms with E-state index in [9.17, 15) is 5.26 Å². The van der Waals surface area contributed by atoms with Gasteiger partial charge in [0.2, 0.25) is 0 Å². The molecule has 1 aliphatic rings. The molecule has 0 aliphatic heterocycles. The van der Waals surface area contributed by atoms with E-state index in [0.717, 1.165) is 23.8 Å². The van der Waals surface area contributed by atoms with E-state index in [1.54, 1.807) is 0 Å². The molecule has 1 aliphatic carbocycles. The molecule has 1 aromatic rings. The quantitative estimate of drug-likeness (QED) is 0.849. The lowest BCUT2D eigenvalue weighted by molar-refractivity contribution is 0.393. The number of hydrogen-bond donors (Lipinski definition) is 1. The van der Waals surface area contributed by atoms with Crippen LogP contribution in [0, 0.1) is 17.2 Å². The molecule has 114 valence electrons. The van der Waals surface area contributed by atoms with Crippen molar-refractivity contribution in [1.29, 1.82) is 5.26 Å². The molecule has 2 nitrogen and oxygen atoms in total. The van der Waals surface area contributed by atoms with Crippen LogP contribution in [0.4, 0.5) is 0 Å². The van der Waals surface area contributed by atoms with Crippen molar-refractivity contribution in [2.45, 2.75) is 50.3 Å². The van der Waals surface area contributed by atoms with Crippen LogP contribution in [0.3, 0.4) is 0 Å². The first-order valence-electron chi connectivity index (χ1n) is 8.03. The van der Waals surface area contributed by atoms with Crippen molar-refractivity contribution in [3.63, 3.8) is 0 Å². The average Bonchev–Trinajstić information content (AvgIpc) is 2.52. The first-order chi connectivity index (χ1) is 10.2. The van der Waals surface area contributed by atoms with Crippen LogP contribution in [0.1, 0.15) is 45.1 Å². The van der Waals surface area contributed by atoms with E-state index < -0.39 is 5.54 Å². The fraction of sp³-hybridized carbons (Fsp3) is 0.611. The van der Waals surface area contributed by atoms with Crippen molar-refractivity contribution in [2.75, 3.05) is 12.3 Å². The van der Waals surface area contributed by atoms with Gasteiger partial charge in [0.05, 0.1) is 6.07 Å². The zero-order valence-electron chi connectivity index (χ0n) is 13.1. The molecule has 3 unspecified atom stereocenters. The summed E-state index contributed by atoms with van der Waals surface area (Å²) in [5.41, 5.74) is 0.534. The smallest absolute Gasteiger partial charge is 0.141 e. The van der Waals surface area contributed by atoms with Gasteiger partial charge in [-0.3, -0.25) is 5.32 Å². The zero-order valence-corrected chi connectivity index (χ0v) is 14.0. The van der Waals surface area contributed by atoms with Crippen LogP contribution < -0.4 is 5.32 Å². The largest absolute Gasteiger partial charge is 0.295 e. The van der Waals surface area contributed by atoms with Gasteiger partial charge in [0.25, 0.3) is 0 Å². The second-order valence-electron chi connectivity index (χ2n) is 6.12. The highest BCUT2D eigenvalue weighted by Crippen LogP contribution is 2.35. The predicted octanol–water partition coefficient (Wildman–Crippen LogP) is 4.33. The topological polar surface area (TPSA) is 35.8 Å². The molecule has 0 radical (unpaired) electrons. The molecule has 0 saturated heterocycles. The molecule has 3 atom stereocenters. The number of benzene rings is 1. The highest BCUT2D eigenvalue weighted by Gasteiger charge is 2.33. The molecule has 1 aromatic carbocycles. The van der Waals surface area contributed by atoms with Crippen molar-refractivity contribution >= 4 is 11.8 Å². The van der Waals surface area contributed by atoms with Crippen LogP contribution in [0.5, 0.6) is 0 Å². The van der Waals surface area contributed by atoms with E-state index in [1.807, 2.05) is 30.0 Å². The SMILES string of the molecule is CCNC(C#N)(CSC1CCCC(C)C1)c1ccccc1. The third-order valence-corrected chi connectivity index (χ3v) is 5.86. The highest BCUT2D eigenvalue weighted by atomic mass is 32.2. The van der Waals surface area contributed by atoms with Crippen LogP contribution >= 0.6 is 11.8 Å². The van der Waals surface area contributed by atoms with Gasteiger partial charge in [-0.1, -0.05) is 57.0 Å². The number of thioether (sulfide) groups is 1. The second kappa shape index (κ2) is 7.87. The van der Waals surface area contributed by atoms with Crippen molar-refractivity contribution in [3.05, 3.63) is 35.9 Å². The standard InChI is InChI=1S/C18H26N2S/c1-3-20-18(13-19,16-9-5-4-6-10-16)14-21-17-11-7-8-15(2)12-17/h4-6,9-10,15,17,20H,3,7-8,11-12,14H2,1-2H3. The van der Waals surface area contributed by atoms with Crippen LogP contribution in [-0.4, -0.2) is 17.5 Å². The molecule has 0 heterocycles. The van der Waals surface area contributed by atoms with Gasteiger partial charge in [0, 0.05) is 11.0 Å². The van der Waals surface area contributed by atoms with E-state index in [0.29, 0.717) is 5.25 Å². The molecule has 2 rings (SSSR count). The first kappa shape index (κ1) is 16.4. The lowest BCUT2D eigenvalue weighted by Gasteiger charge is -2.32. The third kappa shape index (κ3) is 4.25. The summed E-state index contributed by atoms with van der Waals surface area (Å²) in [6, 6.07) is 12.7. The Kier molecular flexibility index (Phi) is 6.14.